The van der Waals surface area contributed by atoms with Gasteiger partial charge in [0.2, 0.25) is 15.8 Å². The van der Waals surface area contributed by atoms with Crippen LogP contribution in [-0.2, 0) is 21.4 Å². The molecule has 1 amide bonds. The van der Waals surface area contributed by atoms with Gasteiger partial charge < -0.3 is 14.2 Å². The number of nitrogens with one attached hydrogen (secondary N) is 1. The number of sulfonamides is 1. The van der Waals surface area contributed by atoms with Crippen molar-refractivity contribution < 1.29 is 27.4 Å². The van der Waals surface area contributed by atoms with Crippen LogP contribution in [0.25, 0.3) is 0 Å². The lowest BCUT2D eigenvalue weighted by atomic mass is 10.2. The summed E-state index contributed by atoms with van der Waals surface area (Å²) in [7, 11) is 0.227. The number of carbonyl (C=O) groups is 1. The minimum absolute atomic E-state index is 0.0126. The molecule has 0 aliphatic carbocycles. The maximum Gasteiger partial charge on any atom is 0.255 e. The molecule has 0 spiro atoms. The van der Waals surface area contributed by atoms with Crippen molar-refractivity contribution in [2.45, 2.75) is 11.4 Å². The third-order valence-electron chi connectivity index (χ3n) is 5.16. The first-order valence-electron chi connectivity index (χ1n) is 10.8. The summed E-state index contributed by atoms with van der Waals surface area (Å²) in [5.74, 6) is 0.498. The molecule has 3 rings (SSSR count). The number of benzene rings is 3. The van der Waals surface area contributed by atoms with Crippen molar-refractivity contribution in [3.05, 3.63) is 81.8 Å². The smallest absolute Gasteiger partial charge is 0.255 e. The van der Waals surface area contributed by atoms with Gasteiger partial charge in [0.05, 0.1) is 39.1 Å². The second-order valence-corrected chi connectivity index (χ2v) is 10.3. The number of hydrazone groups is 1. The molecule has 0 heterocycles. The van der Waals surface area contributed by atoms with Crippen LogP contribution in [0.4, 0.5) is 0 Å². The first-order valence-corrected chi connectivity index (χ1v) is 13.0. The van der Waals surface area contributed by atoms with Crippen molar-refractivity contribution in [3.8, 4) is 17.2 Å². The zero-order chi connectivity index (χ0) is 27.0. The van der Waals surface area contributed by atoms with E-state index >= 15 is 0 Å². The molecule has 0 radical (unpaired) electrons. The zero-order valence-electron chi connectivity index (χ0n) is 20.3. The number of amides is 1. The summed E-state index contributed by atoms with van der Waals surface area (Å²) >= 11 is 12.2. The Morgan fingerprint density at radius 3 is 2.32 bits per heavy atom. The number of rotatable bonds is 11. The predicted octanol–water partition coefficient (Wildman–Crippen LogP) is 4.36. The van der Waals surface area contributed by atoms with Crippen molar-refractivity contribution in [2.24, 2.45) is 5.10 Å². The van der Waals surface area contributed by atoms with Gasteiger partial charge >= 0.3 is 0 Å². The van der Waals surface area contributed by atoms with Gasteiger partial charge in [-0.3, -0.25) is 4.79 Å². The SMILES string of the molecule is COc1ccc(/C=N\NC(=O)CN(Cc2ccccc2)S(=O)(=O)c2cc(Cl)ccc2Cl)c(OC)c1OC. The summed E-state index contributed by atoms with van der Waals surface area (Å²) in [6, 6.07) is 16.3. The van der Waals surface area contributed by atoms with Gasteiger partial charge in [-0.2, -0.15) is 9.41 Å². The van der Waals surface area contributed by atoms with Crippen LogP contribution in [0.1, 0.15) is 11.1 Å². The minimum Gasteiger partial charge on any atom is -0.493 e. The second kappa shape index (κ2) is 12.8. The lowest BCUT2D eigenvalue weighted by Crippen LogP contribution is -2.39. The monoisotopic (exact) mass is 565 g/mol. The Morgan fingerprint density at radius 1 is 0.973 bits per heavy atom. The van der Waals surface area contributed by atoms with E-state index in [0.717, 1.165) is 4.31 Å². The molecular weight excluding hydrogens is 541 g/mol. The Hall–Kier alpha value is -3.31. The fourth-order valence-electron chi connectivity index (χ4n) is 3.42. The van der Waals surface area contributed by atoms with Gasteiger partial charge in [-0.25, -0.2) is 13.8 Å². The number of hydrogen-bond acceptors (Lipinski definition) is 7. The van der Waals surface area contributed by atoms with Crippen molar-refractivity contribution >= 4 is 45.3 Å². The molecule has 0 fully saturated rings. The normalized spacial score (nSPS) is 11.5. The Balaban J connectivity index is 1.84. The average Bonchev–Trinajstić information content (AvgIpc) is 2.89. The molecule has 0 aromatic heterocycles. The highest BCUT2D eigenvalue weighted by atomic mass is 35.5. The van der Waals surface area contributed by atoms with E-state index in [1.165, 1.54) is 45.7 Å². The highest BCUT2D eigenvalue weighted by Crippen LogP contribution is 2.39. The van der Waals surface area contributed by atoms with E-state index in [1.807, 2.05) is 0 Å². The Labute approximate surface area is 225 Å². The highest BCUT2D eigenvalue weighted by Gasteiger charge is 2.29. The Morgan fingerprint density at radius 2 is 1.68 bits per heavy atom. The highest BCUT2D eigenvalue weighted by molar-refractivity contribution is 7.89. The van der Waals surface area contributed by atoms with Crippen LogP contribution in [0.2, 0.25) is 10.0 Å². The molecule has 0 unspecified atom stereocenters. The van der Waals surface area contributed by atoms with Gasteiger partial charge in [0.25, 0.3) is 5.91 Å². The molecule has 0 saturated carbocycles. The third kappa shape index (κ3) is 6.92. The second-order valence-electron chi connectivity index (χ2n) is 7.55. The maximum atomic E-state index is 13.5. The molecule has 0 atom stereocenters. The number of nitrogens with zero attached hydrogens (tertiary/aromatic N) is 2. The third-order valence-corrected chi connectivity index (χ3v) is 7.67. The molecule has 12 heteroatoms. The van der Waals surface area contributed by atoms with Gasteiger partial charge in [-0.05, 0) is 35.9 Å². The van der Waals surface area contributed by atoms with Gasteiger partial charge in [-0.1, -0.05) is 53.5 Å². The van der Waals surface area contributed by atoms with Crippen LogP contribution < -0.4 is 19.6 Å². The molecule has 0 aliphatic heterocycles. The zero-order valence-corrected chi connectivity index (χ0v) is 22.6. The van der Waals surface area contributed by atoms with E-state index < -0.39 is 22.5 Å². The van der Waals surface area contributed by atoms with Crippen molar-refractivity contribution in [2.75, 3.05) is 27.9 Å². The molecule has 0 saturated heterocycles. The first kappa shape index (κ1) is 28.3. The lowest BCUT2D eigenvalue weighted by molar-refractivity contribution is -0.121. The van der Waals surface area contributed by atoms with Crippen LogP contribution >= 0.6 is 23.2 Å². The van der Waals surface area contributed by atoms with Gasteiger partial charge in [0.1, 0.15) is 4.90 Å². The number of carbonyl (C=O) groups excluding carboxylic acids is 1. The largest absolute Gasteiger partial charge is 0.493 e. The van der Waals surface area contributed by atoms with Gasteiger partial charge in [0, 0.05) is 17.1 Å². The molecule has 1 N–H and O–H groups in total. The molecule has 3 aromatic carbocycles. The van der Waals surface area contributed by atoms with Crippen LogP contribution in [0.3, 0.4) is 0 Å². The van der Waals surface area contributed by atoms with Crippen LogP contribution in [0.15, 0.2) is 70.7 Å². The quantitative estimate of drug-likeness (QED) is 0.273. The number of methoxy groups -OCH3 is 3. The van der Waals surface area contributed by atoms with E-state index in [9.17, 15) is 13.2 Å². The number of hydrogen-bond donors (Lipinski definition) is 1. The molecular formula is C25H25Cl2N3O6S. The molecule has 196 valence electrons. The summed E-state index contributed by atoms with van der Waals surface area (Å²) in [5, 5.41) is 4.14. The van der Waals surface area contributed by atoms with E-state index in [-0.39, 0.29) is 21.5 Å². The fourth-order valence-corrected chi connectivity index (χ4v) is 5.54. The summed E-state index contributed by atoms with van der Waals surface area (Å²) in [4.78, 5) is 12.6. The predicted molar refractivity (Wildman–Crippen MR) is 142 cm³/mol. The minimum atomic E-state index is -4.20. The molecule has 9 nitrogen and oxygen atoms in total. The van der Waals surface area contributed by atoms with Crippen molar-refractivity contribution in [3.63, 3.8) is 0 Å². The summed E-state index contributed by atoms with van der Waals surface area (Å²) in [6.07, 6.45) is 1.35. The summed E-state index contributed by atoms with van der Waals surface area (Å²) in [5.41, 5.74) is 3.53. The van der Waals surface area contributed by atoms with E-state index in [4.69, 9.17) is 37.4 Å². The van der Waals surface area contributed by atoms with Crippen LogP contribution in [0.5, 0.6) is 17.2 Å². The number of ether oxygens (including phenoxy) is 3. The fraction of sp³-hybridized carbons (Fsp3) is 0.200. The summed E-state index contributed by atoms with van der Waals surface area (Å²) in [6.45, 7) is -0.604. The molecule has 37 heavy (non-hydrogen) atoms. The molecule has 0 bridgehead atoms. The Kier molecular flexibility index (Phi) is 9.76. The van der Waals surface area contributed by atoms with E-state index in [0.29, 0.717) is 28.4 Å². The van der Waals surface area contributed by atoms with Gasteiger partial charge in [-0.15, -0.1) is 0 Å². The topological polar surface area (TPSA) is 107 Å². The standard InChI is InChI=1S/C25H25Cl2N3O6S/c1-34-21-12-9-18(24(35-2)25(21)36-3)14-28-29-23(31)16-30(15-17-7-5-4-6-8-17)37(32,33)22-13-19(26)10-11-20(22)27/h4-14H,15-16H2,1-3H3,(H,29,31)/b28-14-. The first-order chi connectivity index (χ1) is 17.7. The van der Waals surface area contributed by atoms with Crippen molar-refractivity contribution in [1.29, 1.82) is 0 Å². The van der Waals surface area contributed by atoms with Crippen LogP contribution in [0, 0.1) is 0 Å². The van der Waals surface area contributed by atoms with E-state index in [1.54, 1.807) is 42.5 Å². The summed E-state index contributed by atoms with van der Waals surface area (Å²) < 4.78 is 43.9. The maximum absolute atomic E-state index is 13.5. The molecule has 0 aliphatic rings. The van der Waals surface area contributed by atoms with Gasteiger partial charge in [0.15, 0.2) is 11.5 Å². The lowest BCUT2D eigenvalue weighted by Gasteiger charge is -2.22. The van der Waals surface area contributed by atoms with E-state index in [2.05, 4.69) is 10.5 Å². The Bertz CT molecular complexity index is 1380. The molecule has 3 aromatic rings. The average molecular weight is 566 g/mol. The van der Waals surface area contributed by atoms with Crippen LogP contribution in [-0.4, -0.2) is 52.7 Å². The van der Waals surface area contributed by atoms with Crippen molar-refractivity contribution in [1.82, 2.24) is 9.73 Å². The number of halogens is 2.